The third-order valence-corrected chi connectivity index (χ3v) is 6.24. The van der Waals surface area contributed by atoms with Crippen LogP contribution in [0.5, 0.6) is 0 Å². The van der Waals surface area contributed by atoms with Crippen molar-refractivity contribution in [2.45, 2.75) is 26.3 Å². The van der Waals surface area contributed by atoms with Gasteiger partial charge in [-0.1, -0.05) is 28.1 Å². The van der Waals surface area contributed by atoms with E-state index in [0.717, 1.165) is 50.0 Å². The summed E-state index contributed by atoms with van der Waals surface area (Å²) in [7, 11) is 0. The predicted molar refractivity (Wildman–Crippen MR) is 98.5 cm³/mol. The molecule has 4 nitrogen and oxygen atoms in total. The van der Waals surface area contributed by atoms with Crippen molar-refractivity contribution in [3.63, 3.8) is 0 Å². The van der Waals surface area contributed by atoms with Gasteiger partial charge in [0.1, 0.15) is 0 Å². The van der Waals surface area contributed by atoms with E-state index >= 15 is 0 Å². The molecule has 132 valence electrons. The minimum Gasteiger partial charge on any atom is -0.396 e. The molecular formula is C19H27BrN2O2. The summed E-state index contributed by atoms with van der Waals surface area (Å²) in [6.07, 6.45) is 2.15. The molecule has 0 bridgehead atoms. The van der Waals surface area contributed by atoms with E-state index in [0.29, 0.717) is 17.8 Å². The molecule has 1 N–H and O–H groups in total. The maximum absolute atomic E-state index is 11.5. The third kappa shape index (κ3) is 4.19. The number of likely N-dealkylation sites (tertiary alicyclic amines) is 2. The number of piperidine rings is 1. The first-order valence-electron chi connectivity index (χ1n) is 8.90. The Morgan fingerprint density at radius 1 is 1.21 bits per heavy atom. The maximum atomic E-state index is 11.5. The number of carbonyl (C=O) groups is 1. The lowest BCUT2D eigenvalue weighted by molar-refractivity contribution is -0.130. The maximum Gasteiger partial charge on any atom is 0.219 e. The summed E-state index contributed by atoms with van der Waals surface area (Å²) < 4.78 is 1.11. The molecule has 1 amide bonds. The second kappa shape index (κ2) is 7.98. The first-order chi connectivity index (χ1) is 11.6. The highest BCUT2D eigenvalue weighted by molar-refractivity contribution is 9.10. The Morgan fingerprint density at radius 3 is 2.46 bits per heavy atom. The number of nitrogens with zero attached hydrogens (tertiary/aromatic N) is 2. The van der Waals surface area contributed by atoms with Gasteiger partial charge in [0.05, 0.1) is 0 Å². The number of carbonyl (C=O) groups excluding carboxylic acids is 1. The Hall–Kier alpha value is -0.910. The second-order valence-electron chi connectivity index (χ2n) is 7.27. The predicted octanol–water partition coefficient (Wildman–Crippen LogP) is 2.75. The minimum atomic E-state index is 0.190. The van der Waals surface area contributed by atoms with Crippen molar-refractivity contribution in [1.29, 1.82) is 0 Å². The number of aliphatic hydroxyl groups excluding tert-OH is 1. The van der Waals surface area contributed by atoms with Crippen LogP contribution in [0.4, 0.5) is 0 Å². The molecule has 2 aliphatic heterocycles. The van der Waals surface area contributed by atoms with E-state index in [9.17, 15) is 9.90 Å². The molecule has 3 rings (SSSR count). The van der Waals surface area contributed by atoms with Crippen molar-refractivity contribution in [2.24, 2.45) is 17.8 Å². The average molecular weight is 395 g/mol. The van der Waals surface area contributed by atoms with E-state index in [2.05, 4.69) is 45.1 Å². The van der Waals surface area contributed by atoms with Crippen LogP contribution >= 0.6 is 15.9 Å². The average Bonchev–Trinajstić information content (AvgIpc) is 3.00. The number of amides is 1. The third-order valence-electron chi connectivity index (χ3n) is 5.71. The molecule has 2 aliphatic rings. The number of halogens is 1. The molecule has 0 spiro atoms. The van der Waals surface area contributed by atoms with E-state index in [4.69, 9.17) is 0 Å². The molecule has 2 heterocycles. The van der Waals surface area contributed by atoms with Crippen molar-refractivity contribution >= 4 is 21.8 Å². The van der Waals surface area contributed by atoms with Crippen LogP contribution in [0.1, 0.15) is 25.3 Å². The summed E-state index contributed by atoms with van der Waals surface area (Å²) in [6, 6.07) is 8.50. The first-order valence-corrected chi connectivity index (χ1v) is 9.69. The van der Waals surface area contributed by atoms with Gasteiger partial charge in [-0.05, 0) is 48.3 Å². The topological polar surface area (TPSA) is 43.8 Å². The summed E-state index contributed by atoms with van der Waals surface area (Å²) in [5.41, 5.74) is 1.32. The summed E-state index contributed by atoms with van der Waals surface area (Å²) in [5.74, 6) is 1.75. The molecule has 2 unspecified atom stereocenters. The van der Waals surface area contributed by atoms with Gasteiger partial charge in [-0.15, -0.1) is 0 Å². The zero-order valence-corrected chi connectivity index (χ0v) is 15.9. The van der Waals surface area contributed by atoms with Gasteiger partial charge < -0.3 is 10.0 Å². The molecule has 0 radical (unpaired) electrons. The molecule has 2 saturated heterocycles. The number of hydrogen-bond acceptors (Lipinski definition) is 3. The van der Waals surface area contributed by atoms with Crippen molar-refractivity contribution in [3.8, 4) is 0 Å². The molecule has 2 atom stereocenters. The molecule has 0 aliphatic carbocycles. The molecular weight excluding hydrogens is 368 g/mol. The molecule has 2 fully saturated rings. The monoisotopic (exact) mass is 394 g/mol. The van der Waals surface area contributed by atoms with Gasteiger partial charge in [-0.3, -0.25) is 9.69 Å². The smallest absolute Gasteiger partial charge is 0.219 e. The second-order valence-corrected chi connectivity index (χ2v) is 8.19. The van der Waals surface area contributed by atoms with Gasteiger partial charge in [-0.25, -0.2) is 0 Å². The van der Waals surface area contributed by atoms with Gasteiger partial charge in [0.15, 0.2) is 0 Å². The van der Waals surface area contributed by atoms with Gasteiger partial charge >= 0.3 is 0 Å². The Kier molecular flexibility index (Phi) is 5.95. The van der Waals surface area contributed by atoms with Crippen LogP contribution in [0.15, 0.2) is 28.7 Å². The Morgan fingerprint density at radius 2 is 1.88 bits per heavy atom. The quantitative estimate of drug-likeness (QED) is 0.853. The van der Waals surface area contributed by atoms with Gasteiger partial charge in [-0.2, -0.15) is 0 Å². The first kappa shape index (κ1) is 17.9. The lowest BCUT2D eigenvalue weighted by atomic mass is 9.79. The van der Waals surface area contributed by atoms with Crippen LogP contribution < -0.4 is 0 Å². The van der Waals surface area contributed by atoms with Crippen LogP contribution in [0, 0.1) is 17.8 Å². The summed E-state index contributed by atoms with van der Waals surface area (Å²) in [6.45, 7) is 6.67. The van der Waals surface area contributed by atoms with Gasteiger partial charge in [0.2, 0.25) is 5.91 Å². The van der Waals surface area contributed by atoms with Crippen LogP contribution in [-0.2, 0) is 11.3 Å². The fourth-order valence-corrected chi connectivity index (χ4v) is 4.60. The molecule has 5 heteroatoms. The van der Waals surface area contributed by atoms with Crippen LogP contribution in [0.2, 0.25) is 0 Å². The van der Waals surface area contributed by atoms with Crippen molar-refractivity contribution < 1.29 is 9.90 Å². The zero-order valence-electron chi connectivity index (χ0n) is 14.3. The van der Waals surface area contributed by atoms with Crippen molar-refractivity contribution in [3.05, 3.63) is 34.3 Å². The van der Waals surface area contributed by atoms with Crippen LogP contribution in [0.25, 0.3) is 0 Å². The normalized spacial score (nSPS) is 26.0. The Labute approximate surface area is 153 Å². The highest BCUT2D eigenvalue weighted by Crippen LogP contribution is 2.36. The Balaban J connectivity index is 1.58. The van der Waals surface area contributed by atoms with E-state index in [1.54, 1.807) is 6.92 Å². The van der Waals surface area contributed by atoms with E-state index < -0.39 is 0 Å². The largest absolute Gasteiger partial charge is 0.396 e. The number of benzene rings is 1. The highest BCUT2D eigenvalue weighted by atomic mass is 79.9. The minimum absolute atomic E-state index is 0.190. The molecule has 1 aromatic rings. The molecule has 0 aromatic heterocycles. The molecule has 0 saturated carbocycles. The van der Waals surface area contributed by atoms with E-state index in [1.165, 1.54) is 5.56 Å². The summed E-state index contributed by atoms with van der Waals surface area (Å²) in [4.78, 5) is 15.9. The number of aliphatic hydroxyl groups is 1. The Bertz CT molecular complexity index is 555. The van der Waals surface area contributed by atoms with E-state index in [-0.39, 0.29) is 12.5 Å². The molecule has 24 heavy (non-hydrogen) atoms. The molecule has 1 aromatic carbocycles. The van der Waals surface area contributed by atoms with Crippen LogP contribution in [0.3, 0.4) is 0 Å². The van der Waals surface area contributed by atoms with Gasteiger partial charge in [0.25, 0.3) is 0 Å². The number of hydrogen-bond donors (Lipinski definition) is 1. The lowest BCUT2D eigenvalue weighted by Gasteiger charge is -2.36. The lowest BCUT2D eigenvalue weighted by Crippen LogP contribution is -2.40. The highest BCUT2D eigenvalue weighted by Gasteiger charge is 2.38. The summed E-state index contributed by atoms with van der Waals surface area (Å²) >= 11 is 3.48. The van der Waals surface area contributed by atoms with Crippen molar-refractivity contribution in [2.75, 3.05) is 32.8 Å². The SMILES string of the molecule is CC(=O)N1CCC(C2CN(Cc3ccc(Br)cc3)CC2CO)CC1. The standard InChI is InChI=1S/C19H27BrN2O2/c1-14(24)22-8-6-16(7-9-22)19-12-21(11-17(19)13-23)10-15-2-4-18(20)5-3-15/h2-5,16-17,19,23H,6-13H2,1H3. The number of rotatable bonds is 4. The van der Waals surface area contributed by atoms with Crippen LogP contribution in [-0.4, -0.2) is 53.6 Å². The summed E-state index contributed by atoms with van der Waals surface area (Å²) in [5, 5.41) is 9.83. The zero-order chi connectivity index (χ0) is 17.1. The van der Waals surface area contributed by atoms with Crippen molar-refractivity contribution in [1.82, 2.24) is 9.80 Å². The van der Waals surface area contributed by atoms with Gasteiger partial charge in [0, 0.05) is 50.7 Å². The fourth-order valence-electron chi connectivity index (χ4n) is 4.34. The van der Waals surface area contributed by atoms with E-state index in [1.807, 2.05) is 4.90 Å². The fraction of sp³-hybridized carbons (Fsp3) is 0.632.